The molecule has 1 aliphatic heterocycles. The van der Waals surface area contributed by atoms with Gasteiger partial charge in [0, 0.05) is 6.20 Å². The summed E-state index contributed by atoms with van der Waals surface area (Å²) in [5.41, 5.74) is 2.07. The first-order valence-corrected chi connectivity index (χ1v) is 12.6. The smallest absolute Gasteiger partial charge is 0.296 e. The Labute approximate surface area is 230 Å². The van der Waals surface area contributed by atoms with Crippen LogP contribution in [0.15, 0.2) is 96.7 Å². The Kier molecular flexibility index (Phi) is 7.34. The number of pyridine rings is 1. The van der Waals surface area contributed by atoms with Crippen LogP contribution in [0.5, 0.6) is 17.2 Å². The highest BCUT2D eigenvalue weighted by molar-refractivity contribution is 6.46. The number of aliphatic hydroxyl groups is 1. The van der Waals surface area contributed by atoms with Crippen LogP contribution in [0.2, 0.25) is 5.02 Å². The van der Waals surface area contributed by atoms with E-state index in [1.165, 1.54) is 12.0 Å². The van der Waals surface area contributed by atoms with Gasteiger partial charge in [0.15, 0.2) is 0 Å². The molecule has 0 aliphatic carbocycles. The van der Waals surface area contributed by atoms with Crippen LogP contribution < -0.4 is 9.47 Å². The van der Waals surface area contributed by atoms with Gasteiger partial charge in [0.05, 0.1) is 41.5 Å². The van der Waals surface area contributed by atoms with E-state index in [1.54, 1.807) is 54.7 Å². The van der Waals surface area contributed by atoms with Gasteiger partial charge in [0.1, 0.15) is 23.0 Å². The van der Waals surface area contributed by atoms with Gasteiger partial charge < -0.3 is 19.5 Å². The zero-order valence-corrected chi connectivity index (χ0v) is 22.1. The van der Waals surface area contributed by atoms with Crippen LogP contribution in [0.25, 0.3) is 5.76 Å². The summed E-state index contributed by atoms with van der Waals surface area (Å²) in [6.07, 6.45) is 1.62. The molecule has 1 saturated heterocycles. The number of methoxy groups -OCH3 is 1. The topological polar surface area (TPSA) is 89.0 Å². The SMILES string of the molecule is COc1c(Cl)cc(C)cc1/C(O)=C1\C(=O)C(=O)N(Cc2ccccn2)C1c1cccc(Oc2ccccc2)c1. The minimum Gasteiger partial charge on any atom is -0.507 e. The van der Waals surface area contributed by atoms with E-state index in [1.807, 2.05) is 43.3 Å². The van der Waals surface area contributed by atoms with Crippen LogP contribution in [0.1, 0.15) is 28.4 Å². The molecule has 196 valence electrons. The van der Waals surface area contributed by atoms with E-state index in [0.29, 0.717) is 22.8 Å². The number of aliphatic hydroxyl groups excluding tert-OH is 1. The van der Waals surface area contributed by atoms with E-state index >= 15 is 0 Å². The zero-order valence-electron chi connectivity index (χ0n) is 21.3. The molecule has 0 bridgehead atoms. The zero-order chi connectivity index (χ0) is 27.5. The maximum atomic E-state index is 13.5. The number of hydrogen-bond acceptors (Lipinski definition) is 6. The lowest BCUT2D eigenvalue weighted by Crippen LogP contribution is -2.29. The van der Waals surface area contributed by atoms with Gasteiger partial charge in [-0.25, -0.2) is 0 Å². The van der Waals surface area contributed by atoms with Crippen molar-refractivity contribution in [2.75, 3.05) is 7.11 Å². The third-order valence-electron chi connectivity index (χ3n) is 6.40. The summed E-state index contributed by atoms with van der Waals surface area (Å²) in [7, 11) is 1.43. The molecule has 3 aromatic carbocycles. The molecule has 0 radical (unpaired) electrons. The number of ether oxygens (including phenoxy) is 2. The van der Waals surface area contributed by atoms with Crippen molar-refractivity contribution in [2.45, 2.75) is 19.5 Å². The van der Waals surface area contributed by atoms with Gasteiger partial charge >= 0.3 is 0 Å². The number of nitrogens with zero attached hydrogens (tertiary/aromatic N) is 2. The molecule has 1 amide bonds. The van der Waals surface area contributed by atoms with Crippen LogP contribution in [0.4, 0.5) is 0 Å². The number of aromatic nitrogens is 1. The standard InChI is InChI=1S/C31H25ClN2O5/c1-19-15-24(30(38-2)25(32)16-19)28(35)26-27(34(31(37)29(26)36)18-21-10-6-7-14-33-21)20-9-8-13-23(17-20)39-22-11-4-3-5-12-22/h3-17,27,35H,18H2,1-2H3/b28-26+. The summed E-state index contributed by atoms with van der Waals surface area (Å²) in [6.45, 7) is 1.87. The van der Waals surface area contributed by atoms with Crippen LogP contribution in [-0.2, 0) is 16.1 Å². The molecule has 0 spiro atoms. The van der Waals surface area contributed by atoms with Crippen LogP contribution >= 0.6 is 11.6 Å². The van der Waals surface area contributed by atoms with Crippen molar-refractivity contribution in [1.29, 1.82) is 0 Å². The third kappa shape index (κ3) is 5.22. The van der Waals surface area contributed by atoms with Crippen molar-refractivity contribution in [2.24, 2.45) is 0 Å². The van der Waals surface area contributed by atoms with Crippen LogP contribution in [0, 0.1) is 6.92 Å². The minimum absolute atomic E-state index is 0.0579. The number of carbonyl (C=O) groups is 2. The van der Waals surface area contributed by atoms with Crippen molar-refractivity contribution in [1.82, 2.24) is 9.88 Å². The first-order valence-electron chi connectivity index (χ1n) is 12.2. The average Bonchev–Trinajstić information content (AvgIpc) is 3.18. The minimum atomic E-state index is -0.921. The summed E-state index contributed by atoms with van der Waals surface area (Å²) in [5, 5.41) is 11.9. The highest BCUT2D eigenvalue weighted by atomic mass is 35.5. The molecule has 1 unspecified atom stereocenters. The Hall–Kier alpha value is -4.62. The van der Waals surface area contributed by atoms with Gasteiger partial charge in [-0.1, -0.05) is 48.0 Å². The molecule has 1 N–H and O–H groups in total. The molecule has 1 aromatic heterocycles. The predicted molar refractivity (Wildman–Crippen MR) is 148 cm³/mol. The second-order valence-electron chi connectivity index (χ2n) is 9.06. The molecule has 2 heterocycles. The number of amides is 1. The summed E-state index contributed by atoms with van der Waals surface area (Å²) in [5.74, 6) is -0.592. The number of hydrogen-bond donors (Lipinski definition) is 1. The molecular formula is C31H25ClN2O5. The van der Waals surface area contributed by atoms with Crippen molar-refractivity contribution in [3.63, 3.8) is 0 Å². The molecule has 8 heteroatoms. The summed E-state index contributed by atoms with van der Waals surface area (Å²) < 4.78 is 11.5. The van der Waals surface area contributed by atoms with Gasteiger partial charge in [0.2, 0.25) is 0 Å². The Morgan fingerprint density at radius 1 is 0.974 bits per heavy atom. The highest BCUT2D eigenvalue weighted by Crippen LogP contribution is 2.44. The number of likely N-dealkylation sites (tertiary alicyclic amines) is 1. The lowest BCUT2D eigenvalue weighted by Gasteiger charge is -2.25. The Balaban J connectivity index is 1.67. The van der Waals surface area contributed by atoms with E-state index in [4.69, 9.17) is 21.1 Å². The fraction of sp³-hybridized carbons (Fsp3) is 0.129. The van der Waals surface area contributed by atoms with Gasteiger partial charge in [-0.15, -0.1) is 0 Å². The number of carbonyl (C=O) groups excluding carboxylic acids is 2. The lowest BCUT2D eigenvalue weighted by molar-refractivity contribution is -0.140. The maximum absolute atomic E-state index is 13.5. The van der Waals surface area contributed by atoms with E-state index in [0.717, 1.165) is 5.56 Å². The van der Waals surface area contributed by atoms with Gasteiger partial charge in [0.25, 0.3) is 11.7 Å². The van der Waals surface area contributed by atoms with E-state index < -0.39 is 17.7 Å². The number of rotatable bonds is 7. The van der Waals surface area contributed by atoms with Crippen molar-refractivity contribution in [3.05, 3.63) is 124 Å². The van der Waals surface area contributed by atoms with E-state index in [2.05, 4.69) is 4.98 Å². The molecule has 39 heavy (non-hydrogen) atoms. The number of aryl methyl sites for hydroxylation is 1. The Morgan fingerprint density at radius 2 is 1.72 bits per heavy atom. The summed E-state index contributed by atoms with van der Waals surface area (Å²) >= 11 is 6.39. The Morgan fingerprint density at radius 3 is 2.44 bits per heavy atom. The summed E-state index contributed by atoms with van der Waals surface area (Å²) in [4.78, 5) is 32.7. The van der Waals surface area contributed by atoms with Gasteiger partial charge in [-0.05, 0) is 66.6 Å². The monoisotopic (exact) mass is 540 g/mol. The molecular weight excluding hydrogens is 516 g/mol. The first kappa shape index (κ1) is 26.0. The quantitative estimate of drug-likeness (QED) is 0.164. The number of benzene rings is 3. The van der Waals surface area contributed by atoms with Crippen LogP contribution in [0.3, 0.4) is 0 Å². The van der Waals surface area contributed by atoms with Gasteiger partial charge in [-0.2, -0.15) is 0 Å². The first-order chi connectivity index (χ1) is 18.9. The normalized spacial score (nSPS) is 16.4. The van der Waals surface area contributed by atoms with Crippen molar-refractivity contribution in [3.8, 4) is 17.2 Å². The second kappa shape index (κ2) is 11.0. The number of halogens is 1. The molecule has 1 fully saturated rings. The molecule has 1 aliphatic rings. The number of ketones is 1. The summed E-state index contributed by atoms with van der Waals surface area (Å²) in [6, 6.07) is 24.2. The fourth-order valence-corrected chi connectivity index (χ4v) is 5.04. The van der Waals surface area contributed by atoms with Crippen molar-refractivity contribution < 1.29 is 24.2 Å². The molecule has 0 saturated carbocycles. The third-order valence-corrected chi connectivity index (χ3v) is 6.68. The highest BCUT2D eigenvalue weighted by Gasteiger charge is 2.46. The van der Waals surface area contributed by atoms with Gasteiger partial charge in [-0.3, -0.25) is 14.6 Å². The lowest BCUT2D eigenvalue weighted by atomic mass is 9.94. The van der Waals surface area contributed by atoms with E-state index in [-0.39, 0.29) is 34.2 Å². The Bertz CT molecular complexity index is 1570. The number of Topliss-reactive ketones (excluding diaryl/α,β-unsaturated/α-hetero) is 1. The molecule has 1 atom stereocenters. The molecule has 7 nitrogen and oxygen atoms in total. The number of para-hydroxylation sites is 1. The van der Waals surface area contributed by atoms with E-state index in [9.17, 15) is 14.7 Å². The second-order valence-corrected chi connectivity index (χ2v) is 9.47. The fourth-order valence-electron chi connectivity index (χ4n) is 4.69. The molecule has 5 rings (SSSR count). The van der Waals surface area contributed by atoms with Crippen LogP contribution in [-0.4, -0.2) is 33.8 Å². The van der Waals surface area contributed by atoms with Crippen molar-refractivity contribution >= 4 is 29.1 Å². The molecule has 4 aromatic rings. The maximum Gasteiger partial charge on any atom is 0.296 e. The average molecular weight is 541 g/mol. The largest absolute Gasteiger partial charge is 0.507 e. The predicted octanol–water partition coefficient (Wildman–Crippen LogP) is 6.47.